The van der Waals surface area contributed by atoms with E-state index >= 15 is 0 Å². The summed E-state index contributed by atoms with van der Waals surface area (Å²) in [7, 11) is 0. The first kappa shape index (κ1) is 13.6. The molecule has 3 unspecified atom stereocenters. The highest BCUT2D eigenvalue weighted by Crippen LogP contribution is 2.57. The number of nitrogens with zero attached hydrogens (tertiary/aromatic N) is 1. The Morgan fingerprint density at radius 2 is 2.45 bits per heavy atom. The van der Waals surface area contributed by atoms with Crippen molar-refractivity contribution < 1.29 is 9.53 Å². The van der Waals surface area contributed by atoms with Crippen molar-refractivity contribution in [3.8, 4) is 0 Å². The first-order valence-corrected chi connectivity index (χ1v) is 7.15. The van der Waals surface area contributed by atoms with Gasteiger partial charge in [0.25, 0.3) is 0 Å². The van der Waals surface area contributed by atoms with Crippen molar-refractivity contribution in [1.82, 2.24) is 15.3 Å². The smallest absolute Gasteiger partial charge is 0.241 e. The minimum atomic E-state index is -0.856. The van der Waals surface area contributed by atoms with Crippen LogP contribution >= 0.6 is 0 Å². The Morgan fingerprint density at radius 3 is 3.15 bits per heavy atom. The number of ether oxygens (including phenoxy) is 1. The molecule has 6 heteroatoms. The van der Waals surface area contributed by atoms with Crippen molar-refractivity contribution in [2.24, 2.45) is 17.1 Å². The topological polar surface area (TPSA) is 93.0 Å². The van der Waals surface area contributed by atoms with Gasteiger partial charge in [-0.05, 0) is 12.8 Å². The molecule has 20 heavy (non-hydrogen) atoms. The quantitative estimate of drug-likeness (QED) is 0.753. The predicted molar refractivity (Wildman–Crippen MR) is 73.6 cm³/mol. The van der Waals surface area contributed by atoms with E-state index in [1.54, 1.807) is 12.4 Å². The number of amides is 1. The van der Waals surface area contributed by atoms with Crippen molar-refractivity contribution in [3.63, 3.8) is 0 Å². The van der Waals surface area contributed by atoms with E-state index in [9.17, 15) is 4.79 Å². The van der Waals surface area contributed by atoms with Crippen molar-refractivity contribution >= 4 is 5.91 Å². The van der Waals surface area contributed by atoms with Crippen LogP contribution in [0.3, 0.4) is 0 Å². The number of rotatable bonds is 3. The van der Waals surface area contributed by atoms with E-state index < -0.39 is 5.54 Å². The molecule has 0 bridgehead atoms. The first-order valence-electron chi connectivity index (χ1n) is 7.15. The fourth-order valence-corrected chi connectivity index (χ4v) is 3.74. The molecule has 1 aliphatic heterocycles. The molecule has 1 saturated carbocycles. The van der Waals surface area contributed by atoms with Gasteiger partial charge in [0.15, 0.2) is 0 Å². The maximum absolute atomic E-state index is 12.6. The van der Waals surface area contributed by atoms with Crippen LogP contribution in [0.15, 0.2) is 12.4 Å². The highest BCUT2D eigenvalue weighted by Gasteiger charge is 2.70. The number of imidazole rings is 1. The lowest BCUT2D eigenvalue weighted by Crippen LogP contribution is -2.82. The van der Waals surface area contributed by atoms with Crippen LogP contribution in [-0.4, -0.2) is 34.1 Å². The van der Waals surface area contributed by atoms with E-state index in [2.05, 4.69) is 15.3 Å². The van der Waals surface area contributed by atoms with Crippen LogP contribution in [0.4, 0.5) is 0 Å². The average Bonchev–Trinajstić information content (AvgIpc) is 2.97. The molecule has 1 saturated heterocycles. The minimum Gasteiger partial charge on any atom is -0.377 e. The lowest BCUT2D eigenvalue weighted by atomic mass is 9.46. The number of hydrogen-bond acceptors (Lipinski definition) is 4. The van der Waals surface area contributed by atoms with Gasteiger partial charge in [0, 0.05) is 30.3 Å². The average molecular weight is 278 g/mol. The number of nitrogens with one attached hydrogen (secondary N) is 2. The molecule has 3 atom stereocenters. The highest BCUT2D eigenvalue weighted by atomic mass is 16.5. The zero-order valence-corrected chi connectivity index (χ0v) is 12.0. The number of nitrogens with two attached hydrogens (primary N) is 1. The maximum Gasteiger partial charge on any atom is 0.241 e. The van der Waals surface area contributed by atoms with Crippen LogP contribution in [0.25, 0.3) is 0 Å². The molecule has 1 aliphatic carbocycles. The van der Waals surface area contributed by atoms with Crippen molar-refractivity contribution in [2.75, 3.05) is 6.61 Å². The molecule has 4 N–H and O–H groups in total. The van der Waals surface area contributed by atoms with Gasteiger partial charge in [-0.25, -0.2) is 4.98 Å². The molecule has 0 spiro atoms. The zero-order valence-electron chi connectivity index (χ0n) is 12.0. The Labute approximate surface area is 118 Å². The van der Waals surface area contributed by atoms with Gasteiger partial charge in [0.05, 0.1) is 12.6 Å². The number of fused-ring (bicyclic) bond motifs is 1. The van der Waals surface area contributed by atoms with Gasteiger partial charge in [-0.3, -0.25) is 4.79 Å². The van der Waals surface area contributed by atoms with Crippen LogP contribution in [0.5, 0.6) is 0 Å². The third-order valence-corrected chi connectivity index (χ3v) is 5.03. The van der Waals surface area contributed by atoms with E-state index in [1.807, 2.05) is 13.8 Å². The number of carbonyl (C=O) groups excluding carboxylic acids is 1. The fraction of sp³-hybridized carbons (Fsp3) is 0.714. The standard InChI is InChI=1S/C14H22N4O2/c1-13(2)11-9(4-3-7-20-11)14(13,15)12(19)18-8-10-16-5-6-17-10/h5-6,9,11H,3-4,7-8,15H2,1-2H3,(H,16,17)(H,18,19). The van der Waals surface area contributed by atoms with Crippen LogP contribution in [0.2, 0.25) is 0 Å². The van der Waals surface area contributed by atoms with Crippen molar-refractivity contribution in [3.05, 3.63) is 18.2 Å². The SMILES string of the molecule is CC1(C)C2OCCCC2C1(N)C(=O)NCc1ncc[nH]1. The van der Waals surface area contributed by atoms with Gasteiger partial charge < -0.3 is 20.8 Å². The molecule has 2 fully saturated rings. The lowest BCUT2D eigenvalue weighted by molar-refractivity contribution is -0.225. The van der Waals surface area contributed by atoms with Crippen molar-refractivity contribution in [1.29, 1.82) is 0 Å². The molecule has 1 aromatic heterocycles. The van der Waals surface area contributed by atoms with Gasteiger partial charge in [-0.15, -0.1) is 0 Å². The Hall–Kier alpha value is -1.40. The third kappa shape index (κ3) is 1.71. The van der Waals surface area contributed by atoms with Crippen LogP contribution in [0.1, 0.15) is 32.5 Å². The minimum absolute atomic E-state index is 0.0932. The molecule has 2 heterocycles. The third-order valence-electron chi connectivity index (χ3n) is 5.03. The van der Waals surface area contributed by atoms with E-state index in [0.29, 0.717) is 6.54 Å². The summed E-state index contributed by atoms with van der Waals surface area (Å²) in [5, 5.41) is 2.90. The normalized spacial score (nSPS) is 35.0. The summed E-state index contributed by atoms with van der Waals surface area (Å²) in [6.07, 6.45) is 5.42. The number of aromatic amines is 1. The molecule has 2 aliphatic rings. The Kier molecular flexibility index (Phi) is 3.10. The summed E-state index contributed by atoms with van der Waals surface area (Å²) >= 11 is 0. The second-order valence-electron chi connectivity index (χ2n) is 6.35. The maximum atomic E-state index is 12.6. The molecule has 110 valence electrons. The largest absolute Gasteiger partial charge is 0.377 e. The van der Waals surface area contributed by atoms with Crippen LogP contribution in [0, 0.1) is 11.3 Å². The molecular formula is C14H22N4O2. The van der Waals surface area contributed by atoms with Gasteiger partial charge in [-0.1, -0.05) is 13.8 Å². The van der Waals surface area contributed by atoms with E-state index in [0.717, 1.165) is 25.3 Å². The van der Waals surface area contributed by atoms with E-state index in [1.165, 1.54) is 0 Å². The van der Waals surface area contributed by atoms with Crippen molar-refractivity contribution in [2.45, 2.75) is 44.9 Å². The zero-order chi connectivity index (χ0) is 14.4. The highest BCUT2D eigenvalue weighted by molar-refractivity contribution is 5.89. The summed E-state index contributed by atoms with van der Waals surface area (Å²) in [5.74, 6) is 0.740. The molecule has 1 aromatic rings. The summed E-state index contributed by atoms with van der Waals surface area (Å²) < 4.78 is 5.81. The van der Waals surface area contributed by atoms with E-state index in [4.69, 9.17) is 10.5 Å². The molecule has 0 radical (unpaired) electrons. The summed E-state index contributed by atoms with van der Waals surface area (Å²) in [4.78, 5) is 19.6. The first-order chi connectivity index (χ1) is 9.48. The molecule has 1 amide bonds. The number of aromatic nitrogens is 2. The second kappa shape index (κ2) is 4.56. The van der Waals surface area contributed by atoms with Gasteiger partial charge >= 0.3 is 0 Å². The Morgan fingerprint density at radius 1 is 1.65 bits per heavy atom. The van der Waals surface area contributed by atoms with Gasteiger partial charge in [0.2, 0.25) is 5.91 Å². The Balaban J connectivity index is 1.72. The molecular weight excluding hydrogens is 256 g/mol. The van der Waals surface area contributed by atoms with E-state index in [-0.39, 0.29) is 23.3 Å². The Bertz CT molecular complexity index is 499. The second-order valence-corrected chi connectivity index (χ2v) is 6.35. The monoisotopic (exact) mass is 278 g/mol. The summed E-state index contributed by atoms with van der Waals surface area (Å²) in [5.41, 5.74) is 5.30. The number of carbonyl (C=O) groups is 1. The van der Waals surface area contributed by atoms with Gasteiger partial charge in [-0.2, -0.15) is 0 Å². The predicted octanol–water partition coefficient (Wildman–Crippen LogP) is 0.558. The molecule has 6 nitrogen and oxygen atoms in total. The van der Waals surface area contributed by atoms with Crippen LogP contribution in [-0.2, 0) is 16.1 Å². The number of hydrogen-bond donors (Lipinski definition) is 3. The fourth-order valence-electron chi connectivity index (χ4n) is 3.74. The molecule has 0 aromatic carbocycles. The molecule has 3 rings (SSSR count). The summed E-state index contributed by atoms with van der Waals surface area (Å²) in [6, 6.07) is 0. The van der Waals surface area contributed by atoms with Gasteiger partial charge in [0.1, 0.15) is 11.4 Å². The number of H-pyrrole nitrogens is 1. The lowest BCUT2D eigenvalue weighted by Gasteiger charge is -2.65. The van der Waals surface area contributed by atoms with Crippen LogP contribution < -0.4 is 11.1 Å². The summed E-state index contributed by atoms with van der Waals surface area (Å²) in [6.45, 7) is 5.19.